The van der Waals surface area contributed by atoms with Crippen LogP contribution in [0.25, 0.3) is 0 Å². The van der Waals surface area contributed by atoms with Gasteiger partial charge >= 0.3 is 0 Å². The Hall–Kier alpha value is -0.746. The quantitative estimate of drug-likeness (QED) is 0.207. The third kappa shape index (κ3) is 14.6. The second-order valence-corrected chi connectivity index (χ2v) is 27.1. The first kappa shape index (κ1) is 42.0. The summed E-state index contributed by atoms with van der Waals surface area (Å²) in [5.41, 5.74) is 0. The summed E-state index contributed by atoms with van der Waals surface area (Å²) in [6, 6.07) is 12.9. The highest BCUT2D eigenvalue weighted by atomic mass is 28.3. The van der Waals surface area contributed by atoms with Crippen molar-refractivity contribution < 1.29 is 10.2 Å². The molecule has 5 aliphatic heterocycles. The van der Waals surface area contributed by atoms with Crippen molar-refractivity contribution >= 4 is 26.5 Å². The van der Waals surface area contributed by atoms with Crippen molar-refractivity contribution in [2.45, 2.75) is 255 Å². The van der Waals surface area contributed by atoms with Crippen molar-refractivity contribution in [1.82, 2.24) is 0 Å². The maximum atomic E-state index is 12.4. The fourth-order valence-corrected chi connectivity index (χ4v) is 21.5. The zero-order valence-electron chi connectivity index (χ0n) is 33.3. The summed E-state index contributed by atoms with van der Waals surface area (Å²) >= 11 is 0. The van der Waals surface area contributed by atoms with Crippen LogP contribution in [0.3, 0.4) is 0 Å². The summed E-state index contributed by atoms with van der Waals surface area (Å²) in [5.74, 6) is 0.743. The number of benzene rings is 1. The highest BCUT2D eigenvalue weighted by Crippen LogP contribution is 2.39. The second-order valence-electron chi connectivity index (χ2n) is 17.9. The molecule has 0 radical (unpaired) electrons. The Balaban J connectivity index is 1.76. The fraction of sp³-hybridized carbons (Fsp3) is 0.870. The molecule has 288 valence electrons. The molecule has 5 aliphatic rings. The minimum Gasteiger partial charge on any atom is -0.504 e. The van der Waals surface area contributed by atoms with E-state index < -0.39 is 16.1 Å². The van der Waals surface area contributed by atoms with E-state index in [0.717, 1.165) is 0 Å². The standard InChI is InChI=1S/C46H84O2Si2/c47-45-43-35-36-44(46(45)48)50-38-30-24-18-12-6-2-1-5-11-17-23-29-37-49(43,39-31-25-19-13-7-3-9-15-21-27-33-41-50)40-32-26-20-14-8-4-10-16-22-28-34-42-50/h35-36,47-48H,1-34,37-42H2. The average molecular weight is 725 g/mol. The predicted molar refractivity (Wildman–Crippen MR) is 226 cm³/mol. The van der Waals surface area contributed by atoms with Gasteiger partial charge in [-0.2, -0.15) is 0 Å². The third-order valence-corrected chi connectivity index (χ3v) is 24.9. The Bertz CT molecular complexity index is 901. The maximum Gasteiger partial charge on any atom is 0.156 e. The fourth-order valence-electron chi connectivity index (χ4n) is 10.7. The van der Waals surface area contributed by atoms with E-state index >= 15 is 0 Å². The molecule has 4 bridgehead atoms. The molecule has 1 aromatic carbocycles. The van der Waals surface area contributed by atoms with E-state index in [2.05, 4.69) is 12.1 Å². The number of rotatable bonds is 0. The van der Waals surface area contributed by atoms with Gasteiger partial charge in [-0.15, -0.1) is 0 Å². The predicted octanol–water partition coefficient (Wildman–Crippen LogP) is 14.7. The zero-order chi connectivity index (χ0) is 35.0. The summed E-state index contributed by atoms with van der Waals surface area (Å²) in [6.07, 6.45) is 47.1. The lowest BCUT2D eigenvalue weighted by molar-refractivity contribution is 0.408. The number of fused-ring (bicyclic) bond motifs is 24. The van der Waals surface area contributed by atoms with Crippen LogP contribution in [-0.4, -0.2) is 26.4 Å². The van der Waals surface area contributed by atoms with E-state index in [1.54, 1.807) is 0 Å². The number of phenolic OH excluding ortho intramolecular Hbond substituents is 2. The molecule has 4 heteroatoms. The van der Waals surface area contributed by atoms with Crippen LogP contribution in [0.5, 0.6) is 11.5 Å². The summed E-state index contributed by atoms with van der Waals surface area (Å²) in [6.45, 7) is 0. The second kappa shape index (κ2) is 25.3. The lowest BCUT2D eigenvalue weighted by Gasteiger charge is -2.37. The first-order valence-electron chi connectivity index (χ1n) is 23.2. The highest BCUT2D eigenvalue weighted by Gasteiger charge is 2.41. The molecule has 0 atom stereocenters. The van der Waals surface area contributed by atoms with Gasteiger partial charge in [0.2, 0.25) is 0 Å². The molecule has 2 N–H and O–H groups in total. The Morgan fingerprint density at radius 3 is 0.540 bits per heavy atom. The Labute approximate surface area is 313 Å². The summed E-state index contributed by atoms with van der Waals surface area (Å²) in [5, 5.41) is 27.3. The van der Waals surface area contributed by atoms with Crippen molar-refractivity contribution in [3.05, 3.63) is 12.1 Å². The van der Waals surface area contributed by atoms with Crippen molar-refractivity contribution in [1.29, 1.82) is 0 Å². The van der Waals surface area contributed by atoms with Gasteiger partial charge in [0.1, 0.15) is 0 Å². The molecule has 0 saturated heterocycles. The molecule has 0 amide bonds. The van der Waals surface area contributed by atoms with E-state index in [1.807, 2.05) is 0 Å². The largest absolute Gasteiger partial charge is 0.504 e. The molecule has 50 heavy (non-hydrogen) atoms. The molecule has 0 aliphatic carbocycles. The van der Waals surface area contributed by atoms with Crippen molar-refractivity contribution in [2.75, 3.05) is 0 Å². The van der Waals surface area contributed by atoms with Gasteiger partial charge in [-0.3, -0.25) is 0 Å². The maximum absolute atomic E-state index is 12.4. The molecule has 6 rings (SSSR count). The minimum atomic E-state index is -2.00. The molecule has 1 aromatic rings. The summed E-state index contributed by atoms with van der Waals surface area (Å²) < 4.78 is 0. The van der Waals surface area contributed by atoms with Crippen LogP contribution in [0.2, 0.25) is 36.3 Å². The van der Waals surface area contributed by atoms with Crippen molar-refractivity contribution in [2.24, 2.45) is 0 Å². The number of hydrogen-bond donors (Lipinski definition) is 2. The van der Waals surface area contributed by atoms with Crippen LogP contribution in [0.1, 0.15) is 218 Å². The topological polar surface area (TPSA) is 40.5 Å². The first-order valence-corrected chi connectivity index (χ1v) is 28.5. The summed E-state index contributed by atoms with van der Waals surface area (Å²) in [4.78, 5) is 0. The van der Waals surface area contributed by atoms with Gasteiger partial charge in [0.25, 0.3) is 0 Å². The van der Waals surface area contributed by atoms with Gasteiger partial charge in [0.05, 0.1) is 16.1 Å². The molecular weight excluding hydrogens is 641 g/mol. The van der Waals surface area contributed by atoms with E-state index in [-0.39, 0.29) is 0 Å². The van der Waals surface area contributed by atoms with Crippen LogP contribution >= 0.6 is 0 Å². The minimum absolute atomic E-state index is 0.372. The van der Waals surface area contributed by atoms with Gasteiger partial charge in [-0.25, -0.2) is 0 Å². The molecule has 0 spiro atoms. The number of aromatic hydroxyl groups is 2. The SMILES string of the molecule is Oc1c2ccc(c1O)[Si]13CCCCCCCCCCCCCC[Si]2(CCCCCCCCCCCCC1)CCCCCCCCCCCCC3. The Morgan fingerprint density at radius 2 is 0.380 bits per heavy atom. The lowest BCUT2D eigenvalue weighted by atomic mass is 10.1. The summed E-state index contributed by atoms with van der Waals surface area (Å²) in [7, 11) is -4.01. The smallest absolute Gasteiger partial charge is 0.156 e. The van der Waals surface area contributed by atoms with E-state index in [0.29, 0.717) is 11.5 Å². The normalized spacial score (nSPS) is 28.7. The monoisotopic (exact) mass is 725 g/mol. The van der Waals surface area contributed by atoms with Crippen molar-refractivity contribution in [3.8, 4) is 11.5 Å². The van der Waals surface area contributed by atoms with Crippen LogP contribution in [-0.2, 0) is 0 Å². The van der Waals surface area contributed by atoms with Crippen LogP contribution in [0.15, 0.2) is 12.1 Å². The van der Waals surface area contributed by atoms with E-state index in [9.17, 15) is 10.2 Å². The Morgan fingerprint density at radius 1 is 0.240 bits per heavy atom. The Kier molecular flexibility index (Phi) is 21.3. The van der Waals surface area contributed by atoms with E-state index in [1.165, 1.54) is 265 Å². The van der Waals surface area contributed by atoms with Gasteiger partial charge in [-0.05, 0) is 10.4 Å². The van der Waals surface area contributed by atoms with Gasteiger partial charge in [0.15, 0.2) is 11.5 Å². The molecule has 0 aromatic heterocycles. The highest BCUT2D eigenvalue weighted by molar-refractivity contribution is 6.94. The third-order valence-electron chi connectivity index (χ3n) is 14.0. The van der Waals surface area contributed by atoms with Crippen LogP contribution < -0.4 is 10.4 Å². The molecule has 0 fully saturated rings. The molecule has 5 heterocycles. The van der Waals surface area contributed by atoms with Gasteiger partial charge in [0, 0.05) is 0 Å². The lowest BCUT2D eigenvalue weighted by Crippen LogP contribution is -2.51. The van der Waals surface area contributed by atoms with E-state index in [4.69, 9.17) is 0 Å². The first-order chi connectivity index (χ1) is 24.7. The molecular formula is C46H84O2Si2. The van der Waals surface area contributed by atoms with Gasteiger partial charge < -0.3 is 10.2 Å². The van der Waals surface area contributed by atoms with Crippen LogP contribution in [0.4, 0.5) is 0 Å². The number of phenols is 2. The van der Waals surface area contributed by atoms with Crippen molar-refractivity contribution in [3.63, 3.8) is 0 Å². The number of hydrogen-bond acceptors (Lipinski definition) is 2. The van der Waals surface area contributed by atoms with Gasteiger partial charge in [-0.1, -0.05) is 267 Å². The molecule has 0 saturated carbocycles. The van der Waals surface area contributed by atoms with Crippen LogP contribution in [0, 0.1) is 0 Å². The molecule has 0 unspecified atom stereocenters. The zero-order valence-corrected chi connectivity index (χ0v) is 35.3. The molecule has 2 nitrogen and oxygen atoms in total. The average Bonchev–Trinajstić information content (AvgIpc) is 3.12.